The molecule has 0 aromatic heterocycles. The van der Waals surface area contributed by atoms with E-state index in [1.54, 1.807) is 11.1 Å². The summed E-state index contributed by atoms with van der Waals surface area (Å²) in [6.07, 6.45) is 2.42. The molecule has 0 N–H and O–H groups in total. The molecule has 0 bridgehead atoms. The van der Waals surface area contributed by atoms with Gasteiger partial charge in [0.05, 0.1) is 0 Å². The SMILES string of the molecule is CC1=Cc2c(-c3ccccc3)cccc2C1[Si](C)(C)[Ti]. The van der Waals surface area contributed by atoms with Crippen molar-refractivity contribution in [3.63, 3.8) is 0 Å². The van der Waals surface area contributed by atoms with Crippen LogP contribution in [0.3, 0.4) is 0 Å². The van der Waals surface area contributed by atoms with E-state index in [1.165, 1.54) is 16.7 Å². The first kappa shape index (κ1) is 14.1. The zero-order chi connectivity index (χ0) is 14.3. The molecule has 0 nitrogen and oxygen atoms in total. The number of rotatable bonds is 2. The van der Waals surface area contributed by atoms with Gasteiger partial charge >= 0.3 is 134 Å². The van der Waals surface area contributed by atoms with E-state index in [0.29, 0.717) is 5.54 Å². The van der Waals surface area contributed by atoms with Gasteiger partial charge in [0.2, 0.25) is 0 Å². The fourth-order valence-corrected chi connectivity index (χ4v) is 7.43. The van der Waals surface area contributed by atoms with E-state index in [1.807, 2.05) is 0 Å². The van der Waals surface area contributed by atoms with Crippen LogP contribution >= 0.6 is 0 Å². The first-order valence-electron chi connectivity index (χ1n) is 7.10. The van der Waals surface area contributed by atoms with Gasteiger partial charge in [0.25, 0.3) is 0 Å². The molecule has 2 aromatic carbocycles. The topological polar surface area (TPSA) is 0 Å². The average Bonchev–Trinajstić information content (AvgIpc) is 2.75. The molecule has 0 saturated carbocycles. The first-order valence-corrected chi connectivity index (χ1v) is 12.5. The zero-order valence-electron chi connectivity index (χ0n) is 12.3. The molecule has 0 aliphatic heterocycles. The molecule has 20 heavy (non-hydrogen) atoms. The summed E-state index contributed by atoms with van der Waals surface area (Å²) in [5.41, 5.74) is 7.91. The fraction of sp³-hybridized carbons (Fsp3) is 0.222. The molecule has 0 spiro atoms. The molecule has 1 aliphatic carbocycles. The summed E-state index contributed by atoms with van der Waals surface area (Å²) in [6, 6.07) is 17.6. The summed E-state index contributed by atoms with van der Waals surface area (Å²) in [7, 11) is 0. The molecule has 0 fully saturated rings. The van der Waals surface area contributed by atoms with Crippen LogP contribution in [0.5, 0.6) is 0 Å². The fourth-order valence-electron chi connectivity index (χ4n) is 3.38. The van der Waals surface area contributed by atoms with E-state index in [4.69, 9.17) is 0 Å². The van der Waals surface area contributed by atoms with Crippen molar-refractivity contribution in [3.8, 4) is 11.1 Å². The molecule has 0 radical (unpaired) electrons. The quantitative estimate of drug-likeness (QED) is 0.673. The third-order valence-electron chi connectivity index (χ3n) is 4.08. The van der Waals surface area contributed by atoms with Gasteiger partial charge in [0.15, 0.2) is 0 Å². The average molecular weight is 311 g/mol. The van der Waals surface area contributed by atoms with Crippen molar-refractivity contribution in [3.05, 3.63) is 65.2 Å². The van der Waals surface area contributed by atoms with Gasteiger partial charge in [-0.25, -0.2) is 0 Å². The van der Waals surface area contributed by atoms with Gasteiger partial charge in [-0.1, -0.05) is 0 Å². The molecule has 2 aromatic rings. The van der Waals surface area contributed by atoms with Crippen LogP contribution in [0.1, 0.15) is 23.6 Å². The Morgan fingerprint density at radius 3 is 2.30 bits per heavy atom. The summed E-state index contributed by atoms with van der Waals surface area (Å²) in [6.45, 7) is 7.25. The van der Waals surface area contributed by atoms with E-state index >= 15 is 0 Å². The van der Waals surface area contributed by atoms with Crippen molar-refractivity contribution in [2.45, 2.75) is 25.6 Å². The third kappa shape index (κ3) is 2.39. The monoisotopic (exact) mass is 311 g/mol. The van der Waals surface area contributed by atoms with Crippen LogP contribution in [0.25, 0.3) is 17.2 Å². The predicted molar refractivity (Wildman–Crippen MR) is 85.8 cm³/mol. The molecule has 3 rings (SSSR count). The van der Waals surface area contributed by atoms with Gasteiger partial charge in [-0.2, -0.15) is 0 Å². The second kappa shape index (κ2) is 5.14. The Morgan fingerprint density at radius 2 is 1.65 bits per heavy atom. The minimum absolute atomic E-state index is 0.668. The van der Waals surface area contributed by atoms with E-state index in [2.05, 4.69) is 94.3 Å². The van der Waals surface area contributed by atoms with Crippen molar-refractivity contribution >= 4 is 12.0 Å². The van der Waals surface area contributed by atoms with Crippen LogP contribution in [0, 0.1) is 0 Å². The van der Waals surface area contributed by atoms with Gasteiger partial charge in [0, 0.05) is 0 Å². The van der Waals surface area contributed by atoms with Gasteiger partial charge < -0.3 is 0 Å². The molecule has 99 valence electrons. The number of allylic oxidation sites excluding steroid dienone is 1. The van der Waals surface area contributed by atoms with Crippen molar-refractivity contribution in [1.29, 1.82) is 0 Å². The van der Waals surface area contributed by atoms with Crippen molar-refractivity contribution in [2.24, 2.45) is 0 Å². The van der Waals surface area contributed by atoms with Crippen LogP contribution in [-0.4, -0.2) is 5.94 Å². The molecule has 2 heteroatoms. The Kier molecular flexibility index (Phi) is 3.62. The molecular weight excluding hydrogens is 292 g/mol. The number of hydrogen-bond acceptors (Lipinski definition) is 0. The van der Waals surface area contributed by atoms with Crippen LogP contribution in [0.2, 0.25) is 13.1 Å². The Balaban J connectivity index is 2.18. The predicted octanol–water partition coefficient (Wildman–Crippen LogP) is 5.15. The molecule has 0 saturated heterocycles. The summed E-state index contributed by atoms with van der Waals surface area (Å²) in [4.78, 5) is 0. The second-order valence-electron chi connectivity index (χ2n) is 6.22. The van der Waals surface area contributed by atoms with E-state index in [0.717, 1.165) is 0 Å². The molecule has 0 amide bonds. The summed E-state index contributed by atoms with van der Waals surface area (Å²) < 4.78 is 0. The first-order chi connectivity index (χ1) is 9.48. The van der Waals surface area contributed by atoms with Crippen LogP contribution in [0.15, 0.2) is 54.1 Å². The maximum absolute atomic E-state index is 2.47. The maximum atomic E-state index is 2.47. The number of benzene rings is 2. The number of hydrogen-bond donors (Lipinski definition) is 0. The third-order valence-corrected chi connectivity index (χ3v) is 7.65. The molecular formula is C18H19SiTi. The summed E-state index contributed by atoms with van der Waals surface area (Å²) in [5.74, 6) is -1.23. The second-order valence-corrected chi connectivity index (χ2v) is 16.3. The van der Waals surface area contributed by atoms with Crippen LogP contribution in [0.4, 0.5) is 0 Å². The minimum atomic E-state index is -1.23. The van der Waals surface area contributed by atoms with Crippen molar-refractivity contribution in [1.82, 2.24) is 0 Å². The standard InChI is InChI=1S/C18H19Si.Ti/c1-13-12-17-15(14-8-5-4-6-9-14)10-7-11-16(17)18(13)19(2)3;/h4-12,18H,1-3H3;. The Bertz CT molecular complexity index is 666. The van der Waals surface area contributed by atoms with E-state index < -0.39 is 5.94 Å². The zero-order valence-corrected chi connectivity index (χ0v) is 14.8. The van der Waals surface area contributed by atoms with Gasteiger partial charge in [-0.3, -0.25) is 0 Å². The van der Waals surface area contributed by atoms with Crippen LogP contribution in [-0.2, 0) is 19.7 Å². The molecule has 1 aliphatic rings. The van der Waals surface area contributed by atoms with Gasteiger partial charge in [-0.05, 0) is 0 Å². The Labute approximate surface area is 133 Å². The number of fused-ring (bicyclic) bond motifs is 1. The Morgan fingerprint density at radius 1 is 0.950 bits per heavy atom. The van der Waals surface area contributed by atoms with Crippen LogP contribution < -0.4 is 0 Å². The van der Waals surface area contributed by atoms with Gasteiger partial charge in [0.1, 0.15) is 0 Å². The van der Waals surface area contributed by atoms with Gasteiger partial charge in [-0.15, -0.1) is 0 Å². The summed E-state index contributed by atoms with van der Waals surface area (Å²) in [5, 5.41) is 0. The molecule has 1 atom stereocenters. The Hall–Kier alpha value is -0.889. The summed E-state index contributed by atoms with van der Waals surface area (Å²) >= 11 is 2.47. The van der Waals surface area contributed by atoms with E-state index in [9.17, 15) is 0 Å². The molecule has 1 unspecified atom stereocenters. The van der Waals surface area contributed by atoms with Crippen molar-refractivity contribution in [2.75, 3.05) is 0 Å². The van der Waals surface area contributed by atoms with E-state index in [-0.39, 0.29) is 0 Å². The normalized spacial score (nSPS) is 17.7. The molecule has 0 heterocycles. The van der Waals surface area contributed by atoms with Crippen molar-refractivity contribution < 1.29 is 19.7 Å².